The van der Waals surface area contributed by atoms with Crippen LogP contribution in [-0.4, -0.2) is 19.3 Å². The molecule has 0 amide bonds. The van der Waals surface area contributed by atoms with Crippen LogP contribution in [0.2, 0.25) is 0 Å². The maximum atomic E-state index is 12.9. The van der Waals surface area contributed by atoms with Crippen molar-refractivity contribution in [3.63, 3.8) is 0 Å². The number of phenolic OH excluding ortho intramolecular Hbond substituents is 1. The fourth-order valence-corrected chi connectivity index (χ4v) is 4.40. The van der Waals surface area contributed by atoms with Crippen molar-refractivity contribution in [2.45, 2.75) is 4.90 Å². The quantitative estimate of drug-likeness (QED) is 0.277. The molecular formula is C23H14N2O6S. The van der Waals surface area contributed by atoms with E-state index in [1.807, 2.05) is 0 Å². The highest BCUT2D eigenvalue weighted by atomic mass is 32.2. The topological polar surface area (TPSA) is 132 Å². The zero-order valence-electron chi connectivity index (χ0n) is 16.3. The van der Waals surface area contributed by atoms with Gasteiger partial charge in [0.25, 0.3) is 0 Å². The number of diazo groups is 1. The molecule has 158 valence electrons. The van der Waals surface area contributed by atoms with Gasteiger partial charge in [-0.2, -0.15) is 8.42 Å². The summed E-state index contributed by atoms with van der Waals surface area (Å²) in [6, 6.07) is 18.4. The average molecular weight is 446 g/mol. The molecule has 0 atom stereocenters. The molecule has 32 heavy (non-hydrogen) atoms. The van der Waals surface area contributed by atoms with E-state index in [0.29, 0.717) is 5.56 Å². The first-order chi connectivity index (χ1) is 15.3. The van der Waals surface area contributed by atoms with E-state index < -0.39 is 27.4 Å². The van der Waals surface area contributed by atoms with E-state index in [9.17, 15) is 23.4 Å². The molecule has 0 fully saturated rings. The number of carbonyl (C=O) groups is 1. The van der Waals surface area contributed by atoms with E-state index in [-0.39, 0.29) is 32.7 Å². The number of carbonyl (C=O) groups excluding carboxylic acids is 1. The molecule has 0 aliphatic rings. The average Bonchev–Trinajstić information content (AvgIpc) is 2.79. The van der Waals surface area contributed by atoms with E-state index >= 15 is 0 Å². The van der Waals surface area contributed by atoms with Gasteiger partial charge in [0.05, 0.1) is 5.56 Å². The lowest BCUT2D eigenvalue weighted by Crippen LogP contribution is -2.11. The molecule has 4 rings (SSSR count). The molecule has 0 saturated heterocycles. The highest BCUT2D eigenvalue weighted by Gasteiger charge is 2.23. The number of rotatable bonds is 5. The van der Waals surface area contributed by atoms with Crippen LogP contribution in [0.5, 0.6) is 17.2 Å². The third-order valence-corrected chi connectivity index (χ3v) is 6.09. The van der Waals surface area contributed by atoms with Crippen LogP contribution in [0.25, 0.3) is 15.7 Å². The minimum absolute atomic E-state index is 0.0117. The van der Waals surface area contributed by atoms with Crippen LogP contribution >= 0.6 is 0 Å². The molecule has 9 heteroatoms. The molecule has 1 N–H and O–H groups in total. The Morgan fingerprint density at radius 1 is 0.938 bits per heavy atom. The zero-order valence-corrected chi connectivity index (χ0v) is 17.1. The summed E-state index contributed by atoms with van der Waals surface area (Å²) in [6.07, 6.45) is 0. The van der Waals surface area contributed by atoms with Crippen LogP contribution < -0.4 is 9.29 Å². The lowest BCUT2D eigenvalue weighted by Gasteiger charge is -2.13. The Hall–Kier alpha value is -4.42. The number of benzene rings is 4. The number of ketones is 1. The monoisotopic (exact) mass is 446 g/mol. The standard InChI is InChI=1S/C23H14N2O6S/c24-25-19-12-11-16-17(23(19)28)7-4-8-21(16)32(29,30)31-15-9-10-18(20(26)13-15)22(27)14-5-2-1-3-6-14/h1-13H,(H-,26,27,28). The predicted molar refractivity (Wildman–Crippen MR) is 114 cm³/mol. The second-order valence-electron chi connectivity index (χ2n) is 6.78. The van der Waals surface area contributed by atoms with Crippen LogP contribution in [0.15, 0.2) is 83.8 Å². The number of hydrogen-bond donors (Lipinski definition) is 1. The first-order valence-corrected chi connectivity index (χ1v) is 10.7. The molecule has 4 aromatic carbocycles. The van der Waals surface area contributed by atoms with Crippen LogP contribution in [-0.2, 0) is 10.1 Å². The van der Waals surface area contributed by atoms with Crippen molar-refractivity contribution in [3.05, 3.63) is 95.0 Å². The summed E-state index contributed by atoms with van der Waals surface area (Å²) in [5.41, 5.74) is 0.126. The van der Waals surface area contributed by atoms with E-state index in [1.165, 1.54) is 42.5 Å². The Morgan fingerprint density at radius 2 is 1.69 bits per heavy atom. The third kappa shape index (κ3) is 3.71. The Labute approximate surface area is 182 Å². The third-order valence-electron chi connectivity index (χ3n) is 4.78. The van der Waals surface area contributed by atoms with Crippen LogP contribution in [0.4, 0.5) is 5.69 Å². The summed E-state index contributed by atoms with van der Waals surface area (Å²) in [6.45, 7) is 0. The maximum absolute atomic E-state index is 12.9. The van der Waals surface area contributed by atoms with Gasteiger partial charge in [0.2, 0.25) is 5.39 Å². The second-order valence-corrected chi connectivity index (χ2v) is 8.29. The van der Waals surface area contributed by atoms with E-state index in [1.54, 1.807) is 30.3 Å². The number of nitrogens with zero attached hydrogens (tertiary/aromatic N) is 2. The molecule has 0 saturated carbocycles. The lowest BCUT2D eigenvalue weighted by atomic mass is 10.0. The van der Waals surface area contributed by atoms with E-state index in [4.69, 9.17) is 9.58 Å². The first kappa shape index (κ1) is 20.8. The number of phenols is 1. The van der Waals surface area contributed by atoms with E-state index in [2.05, 4.69) is 4.98 Å². The molecule has 0 heterocycles. The summed E-state index contributed by atoms with van der Waals surface area (Å²) in [7, 11) is -4.41. The minimum Gasteiger partial charge on any atom is -0.867 e. The summed E-state index contributed by atoms with van der Waals surface area (Å²) in [5.74, 6) is -1.72. The molecular weight excluding hydrogens is 432 g/mol. The van der Waals surface area contributed by atoms with Gasteiger partial charge in [0.15, 0.2) is 10.8 Å². The van der Waals surface area contributed by atoms with Gasteiger partial charge in [-0.1, -0.05) is 42.5 Å². The summed E-state index contributed by atoms with van der Waals surface area (Å²) in [4.78, 5) is 15.1. The molecule has 0 bridgehead atoms. The molecule has 0 aliphatic heterocycles. The Balaban J connectivity index is 1.69. The molecule has 4 aromatic rings. The summed E-state index contributed by atoms with van der Waals surface area (Å²) in [5, 5.41) is 31.6. The summed E-state index contributed by atoms with van der Waals surface area (Å²) >= 11 is 0. The molecule has 0 spiro atoms. The largest absolute Gasteiger partial charge is 0.867 e. The smallest absolute Gasteiger partial charge is 0.378 e. The van der Waals surface area contributed by atoms with Crippen molar-refractivity contribution in [3.8, 4) is 17.2 Å². The van der Waals surface area contributed by atoms with Crippen molar-refractivity contribution in [1.29, 1.82) is 5.39 Å². The van der Waals surface area contributed by atoms with Crippen LogP contribution in [0.1, 0.15) is 15.9 Å². The second kappa shape index (κ2) is 8.02. The lowest BCUT2D eigenvalue weighted by molar-refractivity contribution is -0.264. The van der Waals surface area contributed by atoms with Crippen molar-refractivity contribution >= 4 is 32.4 Å². The maximum Gasteiger partial charge on any atom is 0.378 e. The predicted octanol–water partition coefficient (Wildman–Crippen LogP) is 4.10. The molecule has 0 unspecified atom stereocenters. The molecule has 0 radical (unpaired) electrons. The van der Waals surface area contributed by atoms with Gasteiger partial charge in [-0.3, -0.25) is 4.79 Å². The van der Waals surface area contributed by atoms with Crippen molar-refractivity contribution in [1.82, 2.24) is 0 Å². The highest BCUT2D eigenvalue weighted by molar-refractivity contribution is 7.87. The van der Waals surface area contributed by atoms with Gasteiger partial charge < -0.3 is 14.4 Å². The Bertz CT molecular complexity index is 1510. The van der Waals surface area contributed by atoms with Gasteiger partial charge in [-0.25, -0.2) is 0 Å². The number of hydrogen-bond acceptors (Lipinski definition) is 7. The fourth-order valence-electron chi connectivity index (χ4n) is 3.26. The van der Waals surface area contributed by atoms with Gasteiger partial charge in [-0.15, -0.1) is 0 Å². The number of fused-ring (bicyclic) bond motifs is 1. The van der Waals surface area contributed by atoms with Gasteiger partial charge in [-0.05, 0) is 35.4 Å². The SMILES string of the molecule is N#[N+]c1ccc2c(S(=O)(=O)Oc3ccc(C(=O)c4ccccc4)c(O)c3)cccc2c1[O-]. The molecule has 8 nitrogen and oxygen atoms in total. The van der Waals surface area contributed by atoms with Crippen LogP contribution in [0, 0.1) is 5.39 Å². The van der Waals surface area contributed by atoms with Crippen molar-refractivity contribution < 1.29 is 27.6 Å². The molecule has 0 aromatic heterocycles. The minimum atomic E-state index is -4.41. The van der Waals surface area contributed by atoms with Crippen molar-refractivity contribution in [2.24, 2.45) is 0 Å². The fraction of sp³-hybridized carbons (Fsp3) is 0. The van der Waals surface area contributed by atoms with Gasteiger partial charge in [0, 0.05) is 23.1 Å². The highest BCUT2D eigenvalue weighted by Crippen LogP contribution is 2.36. The van der Waals surface area contributed by atoms with E-state index in [0.717, 1.165) is 6.07 Å². The number of aromatic hydroxyl groups is 1. The van der Waals surface area contributed by atoms with Crippen LogP contribution in [0.3, 0.4) is 0 Å². The van der Waals surface area contributed by atoms with Gasteiger partial charge in [0.1, 0.15) is 16.4 Å². The molecule has 0 aliphatic carbocycles. The normalized spacial score (nSPS) is 11.1. The summed E-state index contributed by atoms with van der Waals surface area (Å²) < 4.78 is 30.9. The first-order valence-electron chi connectivity index (χ1n) is 9.27. The van der Waals surface area contributed by atoms with Gasteiger partial charge >= 0.3 is 15.8 Å². The Kier molecular flexibility index (Phi) is 5.22. The Morgan fingerprint density at radius 3 is 2.38 bits per heavy atom. The zero-order chi connectivity index (χ0) is 22.9. The van der Waals surface area contributed by atoms with Crippen molar-refractivity contribution in [2.75, 3.05) is 0 Å².